The molecule has 8 nitrogen and oxygen atoms in total. The lowest BCUT2D eigenvalue weighted by molar-refractivity contribution is -0.126. The Morgan fingerprint density at radius 3 is 2.73 bits per heavy atom. The molecule has 3 heterocycles. The molecular weight excluding hydrogens is 418 g/mol. The Labute approximate surface area is 195 Å². The predicted octanol–water partition coefficient (Wildman–Crippen LogP) is 1.82. The summed E-state index contributed by atoms with van der Waals surface area (Å²) in [6.45, 7) is 2.62. The molecule has 2 N–H and O–H groups in total. The largest absolute Gasteiger partial charge is 0.467 e. The van der Waals surface area contributed by atoms with E-state index < -0.39 is 0 Å². The number of hydrogen-bond donors (Lipinski definition) is 2. The number of rotatable bonds is 8. The van der Waals surface area contributed by atoms with Crippen LogP contribution in [0.25, 0.3) is 0 Å². The predicted molar refractivity (Wildman–Crippen MR) is 128 cm³/mol. The van der Waals surface area contributed by atoms with Gasteiger partial charge in [0.1, 0.15) is 11.8 Å². The van der Waals surface area contributed by atoms with Crippen molar-refractivity contribution in [3.63, 3.8) is 0 Å². The van der Waals surface area contributed by atoms with Gasteiger partial charge in [-0.05, 0) is 49.7 Å². The summed E-state index contributed by atoms with van der Waals surface area (Å²) in [6, 6.07) is 12.3. The Morgan fingerprint density at radius 1 is 1.24 bits per heavy atom. The summed E-state index contributed by atoms with van der Waals surface area (Å²) in [4.78, 5) is 32.0. The molecule has 2 fully saturated rings. The average Bonchev–Trinajstić information content (AvgIpc) is 3.45. The minimum atomic E-state index is -0.165. The van der Waals surface area contributed by atoms with Crippen LogP contribution in [0, 0.1) is 0 Å². The highest BCUT2D eigenvalue weighted by atomic mass is 16.3. The number of carbonyl (C=O) groups is 2. The second-order valence-corrected chi connectivity index (χ2v) is 9.29. The molecule has 0 spiro atoms. The van der Waals surface area contributed by atoms with Crippen molar-refractivity contribution in [2.24, 2.45) is 0 Å². The molecule has 1 aromatic carbocycles. The Balaban J connectivity index is 1.33. The monoisotopic (exact) mass is 453 g/mol. The molecule has 8 heteroatoms. The Morgan fingerprint density at radius 2 is 2.03 bits per heavy atom. The molecule has 178 valence electrons. The smallest absolute Gasteiger partial charge is 0.239 e. The first-order chi connectivity index (χ1) is 15.9. The third-order valence-corrected chi connectivity index (χ3v) is 6.93. The molecule has 0 bridgehead atoms. The Kier molecular flexibility index (Phi) is 7.35. The molecule has 33 heavy (non-hydrogen) atoms. The van der Waals surface area contributed by atoms with Gasteiger partial charge in [-0.2, -0.15) is 0 Å². The van der Waals surface area contributed by atoms with Gasteiger partial charge in [0.25, 0.3) is 0 Å². The average molecular weight is 454 g/mol. The van der Waals surface area contributed by atoms with E-state index in [4.69, 9.17) is 4.42 Å². The molecule has 0 aliphatic carbocycles. The van der Waals surface area contributed by atoms with Gasteiger partial charge < -0.3 is 20.0 Å². The van der Waals surface area contributed by atoms with E-state index in [-0.39, 0.29) is 29.9 Å². The summed E-state index contributed by atoms with van der Waals surface area (Å²) in [7, 11) is 6.16. The zero-order chi connectivity index (χ0) is 23.4. The van der Waals surface area contributed by atoms with Gasteiger partial charge >= 0.3 is 0 Å². The van der Waals surface area contributed by atoms with E-state index in [1.165, 1.54) is 11.3 Å². The number of amides is 2. The van der Waals surface area contributed by atoms with Crippen molar-refractivity contribution in [1.29, 1.82) is 0 Å². The Hall–Kier alpha value is -2.84. The molecule has 0 radical (unpaired) electrons. The van der Waals surface area contributed by atoms with Crippen molar-refractivity contribution in [3.8, 4) is 0 Å². The van der Waals surface area contributed by atoms with Gasteiger partial charge in [-0.15, -0.1) is 0 Å². The second-order valence-electron chi connectivity index (χ2n) is 9.29. The van der Waals surface area contributed by atoms with E-state index in [0.29, 0.717) is 25.9 Å². The van der Waals surface area contributed by atoms with E-state index in [0.717, 1.165) is 25.3 Å². The number of nitrogens with one attached hydrogen (secondary N) is 2. The number of furan rings is 1. The summed E-state index contributed by atoms with van der Waals surface area (Å²) in [5.41, 5.74) is 2.38. The molecule has 2 saturated heterocycles. The first kappa shape index (κ1) is 23.3. The SMILES string of the molecule is CN(C)c1ccc(CN2CC[C@@H]3[C@H]2C(=O)NC[C@H](CCC(=O)NCc2ccco2)N3C)cc1. The van der Waals surface area contributed by atoms with Gasteiger partial charge in [-0.25, -0.2) is 0 Å². The summed E-state index contributed by atoms with van der Waals surface area (Å²) in [5.74, 6) is 0.840. The third kappa shape index (κ3) is 5.57. The van der Waals surface area contributed by atoms with E-state index >= 15 is 0 Å². The zero-order valence-electron chi connectivity index (χ0n) is 19.8. The third-order valence-electron chi connectivity index (χ3n) is 6.93. The van der Waals surface area contributed by atoms with Crippen LogP contribution in [0.1, 0.15) is 30.6 Å². The topological polar surface area (TPSA) is 81.1 Å². The molecule has 0 unspecified atom stereocenters. The van der Waals surface area contributed by atoms with Crippen LogP contribution in [0.5, 0.6) is 0 Å². The van der Waals surface area contributed by atoms with Crippen LogP contribution in [0.3, 0.4) is 0 Å². The molecule has 0 saturated carbocycles. The first-order valence-electron chi connectivity index (χ1n) is 11.7. The fourth-order valence-corrected chi connectivity index (χ4v) is 4.95. The van der Waals surface area contributed by atoms with E-state index in [1.807, 2.05) is 26.2 Å². The maximum atomic E-state index is 13.0. The summed E-state index contributed by atoms with van der Waals surface area (Å²) in [6.07, 6.45) is 3.68. The first-order valence-corrected chi connectivity index (χ1v) is 11.7. The molecule has 2 aromatic rings. The lowest BCUT2D eigenvalue weighted by Crippen LogP contribution is -2.49. The fraction of sp³-hybridized carbons (Fsp3) is 0.520. The van der Waals surface area contributed by atoms with Crippen LogP contribution in [0.2, 0.25) is 0 Å². The van der Waals surface area contributed by atoms with Gasteiger partial charge in [0.05, 0.1) is 12.8 Å². The number of fused-ring (bicyclic) bond motifs is 1. The van der Waals surface area contributed by atoms with Crippen LogP contribution < -0.4 is 15.5 Å². The fourth-order valence-electron chi connectivity index (χ4n) is 4.95. The Bertz CT molecular complexity index is 928. The van der Waals surface area contributed by atoms with Crippen molar-refractivity contribution in [3.05, 3.63) is 54.0 Å². The van der Waals surface area contributed by atoms with Crippen molar-refractivity contribution < 1.29 is 14.0 Å². The van der Waals surface area contributed by atoms with E-state index in [2.05, 4.69) is 56.6 Å². The van der Waals surface area contributed by atoms with Gasteiger partial charge in [0, 0.05) is 57.9 Å². The molecule has 2 aliphatic rings. The van der Waals surface area contributed by atoms with E-state index in [9.17, 15) is 9.59 Å². The van der Waals surface area contributed by atoms with Crippen LogP contribution in [-0.4, -0.2) is 74.0 Å². The maximum absolute atomic E-state index is 13.0. The van der Waals surface area contributed by atoms with Crippen LogP contribution in [0.4, 0.5) is 5.69 Å². The molecule has 1 aromatic heterocycles. The van der Waals surface area contributed by atoms with Crippen LogP contribution in [0.15, 0.2) is 47.1 Å². The molecule has 2 amide bonds. The minimum Gasteiger partial charge on any atom is -0.467 e. The minimum absolute atomic E-state index is 0.00106. The molecule has 2 aliphatic heterocycles. The van der Waals surface area contributed by atoms with Crippen molar-refractivity contribution >= 4 is 17.5 Å². The van der Waals surface area contributed by atoms with Crippen molar-refractivity contribution in [2.75, 3.05) is 39.1 Å². The summed E-state index contributed by atoms with van der Waals surface area (Å²) in [5, 5.41) is 6.04. The van der Waals surface area contributed by atoms with Crippen LogP contribution in [-0.2, 0) is 22.7 Å². The quantitative estimate of drug-likeness (QED) is 0.635. The van der Waals surface area contributed by atoms with Crippen molar-refractivity contribution in [2.45, 2.75) is 50.5 Å². The number of nitrogens with zero attached hydrogens (tertiary/aromatic N) is 3. The highest BCUT2D eigenvalue weighted by Gasteiger charge is 2.44. The van der Waals surface area contributed by atoms with Gasteiger partial charge in [0.15, 0.2) is 0 Å². The van der Waals surface area contributed by atoms with Gasteiger partial charge in [-0.1, -0.05) is 12.1 Å². The number of hydrogen-bond acceptors (Lipinski definition) is 6. The normalized spacial score (nSPS) is 23.6. The second kappa shape index (κ2) is 10.4. The van der Waals surface area contributed by atoms with Gasteiger partial charge in [-0.3, -0.25) is 19.4 Å². The number of carbonyl (C=O) groups excluding carboxylic acids is 2. The standard InChI is InChI=1S/C25H35N5O3/c1-28(2)19-8-6-18(7-9-19)17-30-13-12-22-24(30)25(32)27-15-20(29(22)3)10-11-23(31)26-16-21-5-4-14-33-21/h4-9,14,20,22,24H,10-13,15-17H2,1-3H3,(H,26,31)(H,27,32)/t20-,22+,24-/m0/s1. The number of anilines is 1. The molecule has 4 rings (SSSR count). The van der Waals surface area contributed by atoms with Crippen LogP contribution >= 0.6 is 0 Å². The maximum Gasteiger partial charge on any atom is 0.239 e. The number of likely N-dealkylation sites (N-methyl/N-ethyl adjacent to an activating group) is 1. The lowest BCUT2D eigenvalue weighted by atomic mass is 10.0. The highest BCUT2D eigenvalue weighted by molar-refractivity contribution is 5.83. The lowest BCUT2D eigenvalue weighted by Gasteiger charge is -2.33. The highest BCUT2D eigenvalue weighted by Crippen LogP contribution is 2.29. The summed E-state index contributed by atoms with van der Waals surface area (Å²) >= 11 is 0. The molecule has 3 atom stereocenters. The number of benzene rings is 1. The van der Waals surface area contributed by atoms with Crippen molar-refractivity contribution in [1.82, 2.24) is 20.4 Å². The van der Waals surface area contributed by atoms with E-state index in [1.54, 1.807) is 6.26 Å². The molecular formula is C25H35N5O3. The van der Waals surface area contributed by atoms with Gasteiger partial charge in [0.2, 0.25) is 11.8 Å². The summed E-state index contributed by atoms with van der Waals surface area (Å²) < 4.78 is 5.26. The zero-order valence-corrected chi connectivity index (χ0v) is 19.8. The number of likely N-dealkylation sites (tertiary alicyclic amines) is 1.